The van der Waals surface area contributed by atoms with Crippen LogP contribution in [0.1, 0.15) is 41.4 Å². The van der Waals surface area contributed by atoms with E-state index in [1.165, 1.54) is 16.8 Å². The number of nitrogens with one attached hydrogen (secondary N) is 1. The van der Waals surface area contributed by atoms with Crippen molar-refractivity contribution in [2.75, 3.05) is 26.7 Å². The van der Waals surface area contributed by atoms with Crippen molar-refractivity contribution in [2.24, 2.45) is 0 Å². The molecule has 5 nitrogen and oxygen atoms in total. The fourth-order valence-electron chi connectivity index (χ4n) is 3.79. The molecule has 2 aliphatic heterocycles. The summed E-state index contributed by atoms with van der Waals surface area (Å²) in [5, 5.41) is 3.41. The fourth-order valence-corrected chi connectivity index (χ4v) is 3.79. The van der Waals surface area contributed by atoms with Gasteiger partial charge in [-0.1, -0.05) is 12.1 Å². The number of hydrogen-bond donors (Lipinski definition) is 1. The Labute approximate surface area is 149 Å². The topological polar surface area (TPSA) is 50.3 Å². The maximum atomic E-state index is 5.23. The SMILES string of the molecule is COc1ccc(CN2CCc3nc(C4CCNCC4)ncc3C2)cc1. The number of hydrogen-bond acceptors (Lipinski definition) is 5. The first kappa shape index (κ1) is 16.5. The molecule has 0 saturated carbocycles. The largest absolute Gasteiger partial charge is 0.497 e. The quantitative estimate of drug-likeness (QED) is 0.928. The highest BCUT2D eigenvalue weighted by Crippen LogP contribution is 2.25. The molecule has 1 aromatic carbocycles. The second-order valence-corrected chi connectivity index (χ2v) is 7.03. The molecule has 0 atom stereocenters. The van der Waals surface area contributed by atoms with Gasteiger partial charge in [0, 0.05) is 49.4 Å². The number of fused-ring (bicyclic) bond motifs is 1. The number of methoxy groups -OCH3 is 1. The predicted octanol–water partition coefficient (Wildman–Crippen LogP) is 2.51. The minimum atomic E-state index is 0.531. The van der Waals surface area contributed by atoms with Crippen LogP contribution in [0, 0.1) is 0 Å². The lowest BCUT2D eigenvalue weighted by Crippen LogP contribution is -2.32. The molecule has 2 aromatic rings. The van der Waals surface area contributed by atoms with E-state index in [4.69, 9.17) is 14.7 Å². The van der Waals surface area contributed by atoms with Gasteiger partial charge in [0.1, 0.15) is 11.6 Å². The maximum absolute atomic E-state index is 5.23. The number of benzene rings is 1. The van der Waals surface area contributed by atoms with Gasteiger partial charge in [0.05, 0.1) is 7.11 Å². The van der Waals surface area contributed by atoms with Crippen molar-refractivity contribution in [2.45, 2.75) is 38.3 Å². The lowest BCUT2D eigenvalue weighted by molar-refractivity contribution is 0.242. The minimum Gasteiger partial charge on any atom is -0.497 e. The zero-order valence-electron chi connectivity index (χ0n) is 14.9. The Kier molecular flexibility index (Phi) is 4.95. The van der Waals surface area contributed by atoms with Gasteiger partial charge in [-0.3, -0.25) is 4.90 Å². The van der Waals surface area contributed by atoms with Crippen LogP contribution >= 0.6 is 0 Å². The molecule has 0 aliphatic carbocycles. The summed E-state index contributed by atoms with van der Waals surface area (Å²) in [4.78, 5) is 12.1. The molecule has 3 heterocycles. The van der Waals surface area contributed by atoms with Crippen LogP contribution in [0.3, 0.4) is 0 Å². The fraction of sp³-hybridized carbons (Fsp3) is 0.500. The molecule has 1 saturated heterocycles. The molecule has 0 bridgehead atoms. The number of rotatable bonds is 4. The minimum absolute atomic E-state index is 0.531. The molecule has 25 heavy (non-hydrogen) atoms. The molecule has 0 spiro atoms. The molecule has 5 heteroatoms. The highest BCUT2D eigenvalue weighted by molar-refractivity contribution is 5.28. The van der Waals surface area contributed by atoms with Gasteiger partial charge in [-0.25, -0.2) is 9.97 Å². The van der Waals surface area contributed by atoms with Gasteiger partial charge in [-0.05, 0) is 43.6 Å². The molecular formula is C20H26N4O. The monoisotopic (exact) mass is 338 g/mol. The third-order valence-electron chi connectivity index (χ3n) is 5.30. The molecule has 0 unspecified atom stereocenters. The van der Waals surface area contributed by atoms with E-state index in [9.17, 15) is 0 Å². The standard InChI is InChI=1S/C20H26N4O/c1-25-18-4-2-15(3-5-18)13-24-11-8-19-17(14-24)12-22-20(23-19)16-6-9-21-10-7-16/h2-5,12,16,21H,6-11,13-14H2,1H3. The van der Waals surface area contributed by atoms with E-state index in [1.54, 1.807) is 7.11 Å². The Morgan fingerprint density at radius 1 is 1.20 bits per heavy atom. The lowest BCUT2D eigenvalue weighted by Gasteiger charge is -2.29. The van der Waals surface area contributed by atoms with E-state index in [2.05, 4.69) is 28.5 Å². The van der Waals surface area contributed by atoms with Crippen molar-refractivity contribution in [1.82, 2.24) is 20.2 Å². The van der Waals surface area contributed by atoms with Crippen molar-refractivity contribution in [3.8, 4) is 5.75 Å². The third-order valence-corrected chi connectivity index (χ3v) is 5.30. The van der Waals surface area contributed by atoms with Gasteiger partial charge < -0.3 is 10.1 Å². The first-order valence-corrected chi connectivity index (χ1v) is 9.22. The zero-order chi connectivity index (χ0) is 17.1. The average molecular weight is 338 g/mol. The average Bonchev–Trinajstić information content (AvgIpc) is 2.69. The van der Waals surface area contributed by atoms with Gasteiger partial charge in [0.2, 0.25) is 0 Å². The van der Waals surface area contributed by atoms with Crippen LogP contribution in [0.2, 0.25) is 0 Å². The Bertz CT molecular complexity index is 710. The summed E-state index contributed by atoms with van der Waals surface area (Å²) in [5.74, 6) is 2.50. The second-order valence-electron chi connectivity index (χ2n) is 7.03. The molecule has 0 amide bonds. The smallest absolute Gasteiger partial charge is 0.131 e. The van der Waals surface area contributed by atoms with Crippen LogP contribution in [0.15, 0.2) is 30.5 Å². The number of aromatic nitrogens is 2. The van der Waals surface area contributed by atoms with Crippen molar-refractivity contribution < 1.29 is 4.74 Å². The zero-order valence-corrected chi connectivity index (χ0v) is 14.9. The molecule has 4 rings (SSSR count). The van der Waals surface area contributed by atoms with Gasteiger partial charge in [0.15, 0.2) is 0 Å². The number of ether oxygens (including phenoxy) is 1. The second kappa shape index (κ2) is 7.50. The van der Waals surface area contributed by atoms with Gasteiger partial charge in [-0.15, -0.1) is 0 Å². The van der Waals surface area contributed by atoms with Crippen molar-refractivity contribution in [3.63, 3.8) is 0 Å². The van der Waals surface area contributed by atoms with E-state index in [0.29, 0.717) is 5.92 Å². The third kappa shape index (κ3) is 3.83. The Hall–Kier alpha value is -1.98. The number of piperidine rings is 1. The van der Waals surface area contributed by atoms with E-state index < -0.39 is 0 Å². The summed E-state index contributed by atoms with van der Waals surface area (Å²) >= 11 is 0. The van der Waals surface area contributed by atoms with Gasteiger partial charge >= 0.3 is 0 Å². The summed E-state index contributed by atoms with van der Waals surface area (Å²) in [6.07, 6.45) is 5.40. The van der Waals surface area contributed by atoms with E-state index in [0.717, 1.165) is 63.6 Å². The normalized spacial score (nSPS) is 18.8. The van der Waals surface area contributed by atoms with Crippen molar-refractivity contribution >= 4 is 0 Å². The van der Waals surface area contributed by atoms with Crippen LogP contribution in [-0.4, -0.2) is 41.6 Å². The van der Waals surface area contributed by atoms with Crippen molar-refractivity contribution in [1.29, 1.82) is 0 Å². The van der Waals surface area contributed by atoms with Gasteiger partial charge in [0.25, 0.3) is 0 Å². The predicted molar refractivity (Wildman–Crippen MR) is 97.7 cm³/mol. The summed E-state index contributed by atoms with van der Waals surface area (Å²) in [6, 6.07) is 8.35. The van der Waals surface area contributed by atoms with E-state index in [-0.39, 0.29) is 0 Å². The molecule has 2 aliphatic rings. The number of nitrogens with zero attached hydrogens (tertiary/aromatic N) is 3. The molecule has 1 aromatic heterocycles. The summed E-state index contributed by atoms with van der Waals surface area (Å²) < 4.78 is 5.23. The van der Waals surface area contributed by atoms with Crippen LogP contribution in [0.4, 0.5) is 0 Å². The molecule has 132 valence electrons. The Morgan fingerprint density at radius 2 is 2.00 bits per heavy atom. The van der Waals surface area contributed by atoms with Crippen LogP contribution in [0.5, 0.6) is 5.75 Å². The Morgan fingerprint density at radius 3 is 2.76 bits per heavy atom. The van der Waals surface area contributed by atoms with E-state index >= 15 is 0 Å². The molecule has 1 N–H and O–H groups in total. The highest BCUT2D eigenvalue weighted by Gasteiger charge is 2.22. The summed E-state index contributed by atoms with van der Waals surface area (Å²) in [7, 11) is 1.70. The maximum Gasteiger partial charge on any atom is 0.131 e. The first-order chi connectivity index (χ1) is 12.3. The molecule has 1 fully saturated rings. The highest BCUT2D eigenvalue weighted by atomic mass is 16.5. The van der Waals surface area contributed by atoms with Crippen molar-refractivity contribution in [3.05, 3.63) is 53.1 Å². The lowest BCUT2D eigenvalue weighted by atomic mass is 9.96. The van der Waals surface area contributed by atoms with Crippen LogP contribution in [-0.2, 0) is 19.5 Å². The van der Waals surface area contributed by atoms with Crippen LogP contribution < -0.4 is 10.1 Å². The molecular weight excluding hydrogens is 312 g/mol. The summed E-state index contributed by atoms with van der Waals surface area (Å²) in [6.45, 7) is 5.12. The first-order valence-electron chi connectivity index (χ1n) is 9.22. The van der Waals surface area contributed by atoms with E-state index in [1.807, 2.05) is 12.1 Å². The summed E-state index contributed by atoms with van der Waals surface area (Å²) in [5.41, 5.74) is 3.86. The Balaban J connectivity index is 1.42. The van der Waals surface area contributed by atoms with Crippen LogP contribution in [0.25, 0.3) is 0 Å². The molecule has 0 radical (unpaired) electrons. The van der Waals surface area contributed by atoms with Gasteiger partial charge in [-0.2, -0.15) is 0 Å².